The van der Waals surface area contributed by atoms with E-state index in [2.05, 4.69) is 0 Å². The summed E-state index contributed by atoms with van der Waals surface area (Å²) in [6.45, 7) is 1.93. The van der Waals surface area contributed by atoms with Crippen LogP contribution >= 0.6 is 11.8 Å². The Hall–Kier alpha value is -0.230. The SMILES string of the molecule is O=CC1CCN(CCSC(F)(F)F)CC1. The lowest BCUT2D eigenvalue weighted by atomic mass is 9.99. The van der Waals surface area contributed by atoms with Crippen LogP contribution in [0.4, 0.5) is 13.2 Å². The molecule has 1 rings (SSSR count). The Morgan fingerprint density at radius 3 is 2.40 bits per heavy atom. The van der Waals surface area contributed by atoms with Crippen LogP contribution < -0.4 is 0 Å². The Morgan fingerprint density at radius 2 is 1.93 bits per heavy atom. The number of halogens is 3. The molecule has 2 nitrogen and oxygen atoms in total. The zero-order valence-corrected chi connectivity index (χ0v) is 9.11. The normalized spacial score (nSPS) is 20.5. The summed E-state index contributed by atoms with van der Waals surface area (Å²) in [5.41, 5.74) is -4.12. The van der Waals surface area contributed by atoms with Gasteiger partial charge >= 0.3 is 5.51 Å². The smallest absolute Gasteiger partial charge is 0.303 e. The van der Waals surface area contributed by atoms with Crippen LogP contribution in [0.1, 0.15) is 12.8 Å². The first-order valence-electron chi connectivity index (χ1n) is 4.89. The Morgan fingerprint density at radius 1 is 1.33 bits per heavy atom. The van der Waals surface area contributed by atoms with Crippen molar-refractivity contribution in [2.24, 2.45) is 5.92 Å². The summed E-state index contributed by atoms with van der Waals surface area (Å²) in [6.07, 6.45) is 2.50. The molecule has 0 unspecified atom stereocenters. The van der Waals surface area contributed by atoms with Gasteiger partial charge in [-0.05, 0) is 37.7 Å². The second kappa shape index (κ2) is 5.75. The van der Waals surface area contributed by atoms with Crippen LogP contribution in [-0.2, 0) is 4.79 Å². The molecule has 0 saturated carbocycles. The third-order valence-corrected chi connectivity index (χ3v) is 3.21. The van der Waals surface area contributed by atoms with Crippen LogP contribution in [0.3, 0.4) is 0 Å². The van der Waals surface area contributed by atoms with E-state index in [1.807, 2.05) is 4.90 Å². The average Bonchev–Trinajstić information content (AvgIpc) is 2.17. The number of thioether (sulfide) groups is 1. The Balaban J connectivity index is 2.11. The lowest BCUT2D eigenvalue weighted by Crippen LogP contribution is -2.35. The van der Waals surface area contributed by atoms with Crippen LogP contribution in [0.5, 0.6) is 0 Å². The quantitative estimate of drug-likeness (QED) is 0.703. The number of piperidine rings is 1. The minimum Gasteiger partial charge on any atom is -0.303 e. The molecule has 0 atom stereocenters. The van der Waals surface area contributed by atoms with Gasteiger partial charge in [-0.1, -0.05) is 0 Å². The number of aldehydes is 1. The van der Waals surface area contributed by atoms with Gasteiger partial charge in [0.1, 0.15) is 6.29 Å². The largest absolute Gasteiger partial charge is 0.441 e. The van der Waals surface area contributed by atoms with Crippen LogP contribution in [0.15, 0.2) is 0 Å². The molecule has 0 aromatic rings. The molecule has 15 heavy (non-hydrogen) atoms. The second-order valence-electron chi connectivity index (χ2n) is 3.61. The minimum atomic E-state index is -4.12. The van der Waals surface area contributed by atoms with E-state index in [-0.39, 0.29) is 23.4 Å². The van der Waals surface area contributed by atoms with E-state index in [0.29, 0.717) is 6.54 Å². The molecular weight excluding hydrogens is 227 g/mol. The lowest BCUT2D eigenvalue weighted by Gasteiger charge is -2.29. The molecule has 0 aromatic heterocycles. The summed E-state index contributed by atoms with van der Waals surface area (Å²) in [6, 6.07) is 0. The fourth-order valence-corrected chi connectivity index (χ4v) is 2.18. The van der Waals surface area contributed by atoms with Gasteiger partial charge in [-0.2, -0.15) is 13.2 Å². The molecule has 0 radical (unpaired) electrons. The number of carbonyl (C=O) groups excluding carboxylic acids is 1. The van der Waals surface area contributed by atoms with Crippen molar-refractivity contribution in [3.8, 4) is 0 Å². The number of alkyl halides is 3. The lowest BCUT2D eigenvalue weighted by molar-refractivity contribution is -0.112. The van der Waals surface area contributed by atoms with Gasteiger partial charge in [-0.15, -0.1) is 0 Å². The van der Waals surface area contributed by atoms with E-state index in [9.17, 15) is 18.0 Å². The summed E-state index contributed by atoms with van der Waals surface area (Å²) in [5.74, 6) is 0.187. The molecule has 0 bridgehead atoms. The van der Waals surface area contributed by atoms with Crippen LogP contribution in [0.2, 0.25) is 0 Å². The average molecular weight is 241 g/mol. The van der Waals surface area contributed by atoms with E-state index in [0.717, 1.165) is 32.2 Å². The summed E-state index contributed by atoms with van der Waals surface area (Å²) in [7, 11) is 0. The number of hydrogen-bond donors (Lipinski definition) is 0. The van der Waals surface area contributed by atoms with E-state index < -0.39 is 5.51 Å². The van der Waals surface area contributed by atoms with Crippen LogP contribution in [-0.4, -0.2) is 42.1 Å². The summed E-state index contributed by atoms with van der Waals surface area (Å²) >= 11 is 0.0226. The predicted octanol–water partition coefficient (Wildman–Crippen LogP) is 2.15. The maximum Gasteiger partial charge on any atom is 0.441 e. The zero-order chi connectivity index (χ0) is 11.3. The number of nitrogens with zero attached hydrogens (tertiary/aromatic N) is 1. The fourth-order valence-electron chi connectivity index (χ4n) is 1.60. The van der Waals surface area contributed by atoms with Crippen LogP contribution in [0.25, 0.3) is 0 Å². The minimum absolute atomic E-state index is 0.0226. The van der Waals surface area contributed by atoms with Crippen molar-refractivity contribution in [2.75, 3.05) is 25.4 Å². The van der Waals surface area contributed by atoms with Crippen molar-refractivity contribution >= 4 is 18.0 Å². The van der Waals surface area contributed by atoms with Crippen molar-refractivity contribution in [3.05, 3.63) is 0 Å². The molecule has 0 aliphatic carbocycles. The molecule has 0 aromatic carbocycles. The predicted molar refractivity (Wildman–Crippen MR) is 53.7 cm³/mol. The number of rotatable bonds is 4. The van der Waals surface area contributed by atoms with Gasteiger partial charge in [-0.3, -0.25) is 0 Å². The molecule has 0 N–H and O–H groups in total. The molecule has 88 valence electrons. The van der Waals surface area contributed by atoms with Crippen molar-refractivity contribution < 1.29 is 18.0 Å². The Labute approximate surface area is 91.2 Å². The molecule has 1 heterocycles. The maximum absolute atomic E-state index is 11.8. The Bertz CT molecular complexity index is 202. The van der Waals surface area contributed by atoms with Crippen molar-refractivity contribution in [1.82, 2.24) is 4.90 Å². The summed E-state index contributed by atoms with van der Waals surface area (Å²) < 4.78 is 35.5. The third-order valence-electron chi connectivity index (χ3n) is 2.50. The monoisotopic (exact) mass is 241 g/mol. The molecule has 0 amide bonds. The van der Waals surface area contributed by atoms with Gasteiger partial charge < -0.3 is 9.69 Å². The highest BCUT2D eigenvalue weighted by molar-refractivity contribution is 8.00. The van der Waals surface area contributed by atoms with Crippen molar-refractivity contribution in [3.63, 3.8) is 0 Å². The molecule has 1 aliphatic heterocycles. The zero-order valence-electron chi connectivity index (χ0n) is 8.29. The number of carbonyl (C=O) groups is 1. The molecular formula is C9H14F3NOS. The molecule has 0 spiro atoms. The molecule has 1 aliphatic rings. The first-order valence-corrected chi connectivity index (χ1v) is 5.88. The van der Waals surface area contributed by atoms with E-state index in [4.69, 9.17) is 0 Å². The molecule has 6 heteroatoms. The summed E-state index contributed by atoms with van der Waals surface area (Å²) in [4.78, 5) is 12.4. The van der Waals surface area contributed by atoms with Gasteiger partial charge in [0.05, 0.1) is 0 Å². The highest BCUT2D eigenvalue weighted by Gasteiger charge is 2.28. The molecule has 1 fully saturated rings. The first kappa shape index (κ1) is 12.8. The third kappa shape index (κ3) is 5.41. The number of likely N-dealkylation sites (tertiary alicyclic amines) is 1. The van der Waals surface area contributed by atoms with Crippen molar-refractivity contribution in [1.29, 1.82) is 0 Å². The maximum atomic E-state index is 11.8. The molecule has 1 saturated heterocycles. The first-order chi connectivity index (χ1) is 7.01. The number of hydrogen-bond acceptors (Lipinski definition) is 3. The highest BCUT2D eigenvalue weighted by Crippen LogP contribution is 2.30. The topological polar surface area (TPSA) is 20.3 Å². The Kier molecular flexibility index (Phi) is 4.92. The van der Waals surface area contributed by atoms with E-state index in [1.54, 1.807) is 0 Å². The van der Waals surface area contributed by atoms with Gasteiger partial charge in [0.2, 0.25) is 0 Å². The highest BCUT2D eigenvalue weighted by atomic mass is 32.2. The van der Waals surface area contributed by atoms with Crippen LogP contribution in [0, 0.1) is 5.92 Å². The van der Waals surface area contributed by atoms with Gasteiger partial charge in [0.15, 0.2) is 0 Å². The van der Waals surface area contributed by atoms with Gasteiger partial charge in [0.25, 0.3) is 0 Å². The van der Waals surface area contributed by atoms with Gasteiger partial charge in [0, 0.05) is 18.2 Å². The fraction of sp³-hybridized carbons (Fsp3) is 0.889. The van der Waals surface area contributed by atoms with Gasteiger partial charge in [-0.25, -0.2) is 0 Å². The standard InChI is InChI=1S/C9H14F3NOS/c10-9(11,12)15-6-5-13-3-1-8(7-14)2-4-13/h7-8H,1-6H2. The van der Waals surface area contributed by atoms with E-state index >= 15 is 0 Å². The second-order valence-corrected chi connectivity index (χ2v) is 4.77. The summed E-state index contributed by atoms with van der Waals surface area (Å²) in [5, 5.41) is 0. The van der Waals surface area contributed by atoms with E-state index in [1.165, 1.54) is 0 Å². The van der Waals surface area contributed by atoms with Crippen molar-refractivity contribution in [2.45, 2.75) is 18.3 Å².